The summed E-state index contributed by atoms with van der Waals surface area (Å²) in [6.07, 6.45) is 46.1. The summed E-state index contributed by atoms with van der Waals surface area (Å²) in [7, 11) is 0. The zero-order valence-corrected chi connectivity index (χ0v) is 53.1. The lowest BCUT2D eigenvalue weighted by Gasteiger charge is -2.13. The molecule has 2 amide bonds. The SMILES string of the molecule is CCCCCCCCCCCCOC(=O)c1ccc(/C(C2=N/C(=C(/c3ccc(C(=O)OCCCCCCCCCCCC)cc3)c3ccc(/C(=C4/C=CC(=O)N4)c4ccc(C(=O)OCCCCCCCCCCCC)cc4)[nH]3)C=C2)=C2\C=CC(=O)N2)cc1. The fourth-order valence-corrected chi connectivity index (χ4v) is 11.5. The number of benzene rings is 3. The van der Waals surface area contributed by atoms with Gasteiger partial charge in [-0.2, -0.15) is 0 Å². The molecule has 12 heteroatoms. The Kier molecular flexibility index (Phi) is 29.8. The minimum Gasteiger partial charge on any atom is -0.462 e. The lowest BCUT2D eigenvalue weighted by atomic mass is 9.97. The van der Waals surface area contributed by atoms with Crippen LogP contribution >= 0.6 is 0 Å². The number of aliphatic imine (C=N–C) groups is 1. The van der Waals surface area contributed by atoms with Crippen LogP contribution in [0.1, 0.15) is 273 Å². The van der Waals surface area contributed by atoms with Crippen molar-refractivity contribution in [3.8, 4) is 0 Å². The zero-order valence-electron chi connectivity index (χ0n) is 53.1. The maximum absolute atomic E-state index is 13.4. The fraction of sp³-hybridized carbons (Fsp3) is 0.474. The topological polar surface area (TPSA) is 165 Å². The number of aromatic nitrogens is 1. The van der Waals surface area contributed by atoms with Crippen molar-refractivity contribution >= 4 is 52.2 Å². The molecular weight excluding hydrogens is 1100 g/mol. The van der Waals surface area contributed by atoms with Gasteiger partial charge in [-0.3, -0.25) is 9.59 Å². The van der Waals surface area contributed by atoms with E-state index < -0.39 is 0 Å². The standard InChI is InChI=1S/C76H98N4O8/c1-4-7-10-13-16-19-22-25-28-31-54-86-74(83)60-40-34-57(35-41-60)71(63-46-48-65(77-63)72(67-50-52-69(81)79-67)58-36-42-61(43-37-58)75(84)87-55-32-29-26-23-20-17-14-11-8-5-2)64-47-49-66(78-64)73(68-51-53-70(82)80-68)59-38-44-62(45-39-59)76(85)88-56-33-30-27-24-21-18-15-12-9-6-3/h34-53,77H,4-33,54-56H2,1-3H3,(H,79,81)(H,80,82)/b71-64-,72-67-,73-68-. The van der Waals surface area contributed by atoms with E-state index >= 15 is 0 Å². The van der Waals surface area contributed by atoms with Crippen molar-refractivity contribution in [3.05, 3.63) is 183 Å². The summed E-state index contributed by atoms with van der Waals surface area (Å²) >= 11 is 0. The third-order valence-electron chi connectivity index (χ3n) is 16.7. The summed E-state index contributed by atoms with van der Waals surface area (Å²) in [5.41, 5.74) is 9.34. The number of H-pyrrole nitrogens is 1. The molecule has 4 aromatic rings. The first-order valence-corrected chi connectivity index (χ1v) is 33.7. The number of esters is 3. The number of hydrogen-bond acceptors (Lipinski definition) is 9. The number of aromatic amines is 1. The Labute approximate surface area is 525 Å². The van der Waals surface area contributed by atoms with Gasteiger partial charge in [0.2, 0.25) is 11.8 Å². The van der Waals surface area contributed by atoms with Crippen LogP contribution in [-0.2, 0) is 23.8 Å². The number of unbranched alkanes of at least 4 members (excludes halogenated alkanes) is 27. The van der Waals surface area contributed by atoms with Crippen LogP contribution in [0.3, 0.4) is 0 Å². The van der Waals surface area contributed by atoms with E-state index in [1.54, 1.807) is 48.6 Å². The molecule has 0 radical (unpaired) electrons. The lowest BCUT2D eigenvalue weighted by molar-refractivity contribution is -0.116. The molecule has 4 heterocycles. The largest absolute Gasteiger partial charge is 0.462 e. The van der Waals surface area contributed by atoms with E-state index in [-0.39, 0.29) is 29.7 Å². The molecule has 0 bridgehead atoms. The fourth-order valence-electron chi connectivity index (χ4n) is 11.5. The molecule has 0 aliphatic carbocycles. The number of carbonyl (C=O) groups excluding carboxylic acids is 5. The average Bonchev–Trinajstić information content (AvgIpc) is 3.12. The highest BCUT2D eigenvalue weighted by molar-refractivity contribution is 6.32. The predicted molar refractivity (Wildman–Crippen MR) is 357 cm³/mol. The second-order valence-corrected chi connectivity index (χ2v) is 23.8. The van der Waals surface area contributed by atoms with Crippen molar-refractivity contribution in [1.82, 2.24) is 15.6 Å². The van der Waals surface area contributed by atoms with Gasteiger partial charge in [-0.15, -0.1) is 0 Å². The van der Waals surface area contributed by atoms with Crippen LogP contribution in [-0.4, -0.2) is 60.2 Å². The maximum Gasteiger partial charge on any atom is 0.338 e. The highest BCUT2D eigenvalue weighted by Gasteiger charge is 2.25. The molecule has 0 atom stereocenters. The number of rotatable bonds is 42. The van der Waals surface area contributed by atoms with Crippen molar-refractivity contribution < 1.29 is 38.2 Å². The first-order chi connectivity index (χ1) is 43.2. The van der Waals surface area contributed by atoms with Crippen molar-refractivity contribution in [2.24, 2.45) is 4.99 Å². The Hall–Kier alpha value is -7.60. The van der Waals surface area contributed by atoms with Gasteiger partial charge in [-0.05, 0) is 109 Å². The number of amides is 2. The minimum atomic E-state index is -0.382. The van der Waals surface area contributed by atoms with E-state index in [2.05, 4.69) is 36.4 Å². The average molecular weight is 1200 g/mol. The molecule has 0 fully saturated rings. The van der Waals surface area contributed by atoms with E-state index in [4.69, 9.17) is 19.2 Å². The minimum absolute atomic E-state index is 0.248. The van der Waals surface area contributed by atoms with Crippen molar-refractivity contribution in [2.75, 3.05) is 19.8 Å². The number of nitrogens with one attached hydrogen (secondary N) is 3. The number of carbonyl (C=O) groups is 5. The second kappa shape index (κ2) is 38.6. The smallest absolute Gasteiger partial charge is 0.338 e. The van der Waals surface area contributed by atoms with Gasteiger partial charge in [0, 0.05) is 40.3 Å². The molecule has 3 N–H and O–H groups in total. The van der Waals surface area contributed by atoms with Crippen molar-refractivity contribution in [2.45, 2.75) is 213 Å². The van der Waals surface area contributed by atoms with Gasteiger partial charge in [-0.1, -0.05) is 231 Å². The Balaban J connectivity index is 1.10. The molecule has 0 saturated heterocycles. The number of ether oxygens (including phenoxy) is 3. The highest BCUT2D eigenvalue weighted by Crippen LogP contribution is 2.36. The molecule has 470 valence electrons. The summed E-state index contributed by atoms with van der Waals surface area (Å²) < 4.78 is 17.2. The van der Waals surface area contributed by atoms with Crippen LogP contribution in [0.15, 0.2) is 143 Å². The van der Waals surface area contributed by atoms with E-state index in [0.717, 1.165) is 80.1 Å². The summed E-state index contributed by atoms with van der Waals surface area (Å²) in [6, 6.07) is 25.7. The van der Waals surface area contributed by atoms with Gasteiger partial charge in [0.15, 0.2) is 0 Å². The predicted octanol–water partition coefficient (Wildman–Crippen LogP) is 18.6. The molecule has 0 saturated carbocycles. The molecule has 3 aliphatic heterocycles. The molecule has 0 spiro atoms. The lowest BCUT2D eigenvalue weighted by Crippen LogP contribution is -2.16. The van der Waals surface area contributed by atoms with Crippen LogP contribution in [0.4, 0.5) is 0 Å². The normalized spacial score (nSPS) is 15.1. The summed E-state index contributed by atoms with van der Waals surface area (Å²) in [5.74, 6) is -1.64. The van der Waals surface area contributed by atoms with Gasteiger partial charge in [0.25, 0.3) is 0 Å². The van der Waals surface area contributed by atoms with Gasteiger partial charge >= 0.3 is 17.9 Å². The summed E-state index contributed by atoms with van der Waals surface area (Å²) in [4.78, 5) is 74.4. The maximum atomic E-state index is 13.4. The first kappa shape index (κ1) is 67.9. The molecule has 12 nitrogen and oxygen atoms in total. The van der Waals surface area contributed by atoms with E-state index in [9.17, 15) is 24.0 Å². The zero-order chi connectivity index (χ0) is 62.0. The highest BCUT2D eigenvalue weighted by atomic mass is 16.5. The van der Waals surface area contributed by atoms with E-state index in [0.29, 0.717) is 81.8 Å². The van der Waals surface area contributed by atoms with Crippen LogP contribution in [0, 0.1) is 0 Å². The summed E-state index contributed by atoms with van der Waals surface area (Å²) in [6.45, 7) is 7.82. The van der Waals surface area contributed by atoms with Gasteiger partial charge in [-0.25, -0.2) is 19.4 Å². The number of allylic oxidation sites excluding steroid dienone is 5. The van der Waals surface area contributed by atoms with Crippen molar-refractivity contribution in [1.29, 1.82) is 0 Å². The molecular formula is C76H98N4O8. The monoisotopic (exact) mass is 1190 g/mol. The van der Waals surface area contributed by atoms with Crippen LogP contribution < -0.4 is 10.6 Å². The van der Waals surface area contributed by atoms with E-state index in [1.807, 2.05) is 60.7 Å². The van der Waals surface area contributed by atoms with Crippen LogP contribution in [0.2, 0.25) is 0 Å². The Morgan fingerprint density at radius 1 is 0.330 bits per heavy atom. The quantitative estimate of drug-likeness (QED) is 0.0224. The molecule has 88 heavy (non-hydrogen) atoms. The number of nitrogens with zero attached hydrogens (tertiary/aromatic N) is 1. The van der Waals surface area contributed by atoms with Gasteiger partial charge in [0.1, 0.15) is 0 Å². The van der Waals surface area contributed by atoms with Crippen LogP contribution in [0.5, 0.6) is 0 Å². The number of hydrogen-bond donors (Lipinski definition) is 3. The molecule has 7 rings (SSSR count). The van der Waals surface area contributed by atoms with Gasteiger partial charge in [0.05, 0.1) is 59.3 Å². The molecule has 3 aromatic carbocycles. The summed E-state index contributed by atoms with van der Waals surface area (Å²) in [5, 5.41) is 5.97. The third kappa shape index (κ3) is 22.2. The molecule has 1 aromatic heterocycles. The Bertz CT molecular complexity index is 3100. The Morgan fingerprint density at radius 3 is 0.966 bits per heavy atom. The first-order valence-electron chi connectivity index (χ1n) is 33.7. The van der Waals surface area contributed by atoms with E-state index in [1.165, 1.54) is 147 Å². The molecule has 3 aliphatic rings. The van der Waals surface area contributed by atoms with Crippen molar-refractivity contribution in [3.63, 3.8) is 0 Å². The second-order valence-electron chi connectivity index (χ2n) is 23.8. The van der Waals surface area contributed by atoms with Gasteiger partial charge < -0.3 is 29.8 Å². The Morgan fingerprint density at radius 2 is 0.625 bits per heavy atom. The third-order valence-corrected chi connectivity index (χ3v) is 16.7. The molecule has 0 unspecified atom stereocenters. The van der Waals surface area contributed by atoms with Crippen LogP contribution in [0.25, 0.3) is 16.7 Å².